The summed E-state index contributed by atoms with van der Waals surface area (Å²) in [4.78, 5) is 15.6. The van der Waals surface area contributed by atoms with Crippen molar-refractivity contribution in [2.24, 2.45) is 0 Å². The fourth-order valence-electron chi connectivity index (χ4n) is 2.65. The van der Waals surface area contributed by atoms with Crippen LogP contribution in [0.1, 0.15) is 22.1 Å². The van der Waals surface area contributed by atoms with Crippen molar-refractivity contribution in [1.29, 1.82) is 5.26 Å². The van der Waals surface area contributed by atoms with Crippen molar-refractivity contribution in [2.75, 3.05) is 14.2 Å². The lowest BCUT2D eigenvalue weighted by molar-refractivity contribution is 0.0940. The summed E-state index contributed by atoms with van der Waals surface area (Å²) in [5, 5.41) is 13.0. The highest BCUT2D eigenvalue weighted by Gasteiger charge is 2.19. The molecule has 0 fully saturated rings. The van der Waals surface area contributed by atoms with E-state index in [9.17, 15) is 10.1 Å². The molecule has 0 saturated heterocycles. The predicted octanol–water partition coefficient (Wildman–Crippen LogP) is 3.18. The zero-order valence-electron chi connectivity index (χ0n) is 13.9. The molecule has 3 rings (SSSR count). The van der Waals surface area contributed by atoms with Crippen molar-refractivity contribution in [1.82, 2.24) is 10.3 Å². The Morgan fingerprint density at radius 3 is 2.68 bits per heavy atom. The van der Waals surface area contributed by atoms with Gasteiger partial charge in [-0.05, 0) is 30.3 Å². The number of benzene rings is 2. The van der Waals surface area contributed by atoms with Crippen LogP contribution in [0.15, 0.2) is 48.5 Å². The third-order valence-electron chi connectivity index (χ3n) is 3.93. The van der Waals surface area contributed by atoms with Gasteiger partial charge in [-0.1, -0.05) is 18.2 Å². The van der Waals surface area contributed by atoms with E-state index in [1.807, 2.05) is 24.3 Å². The normalized spacial score (nSPS) is 11.6. The second-order valence-corrected chi connectivity index (χ2v) is 5.41. The molecule has 0 spiro atoms. The van der Waals surface area contributed by atoms with E-state index >= 15 is 0 Å². The van der Waals surface area contributed by atoms with Crippen molar-refractivity contribution < 1.29 is 14.3 Å². The molecule has 0 bridgehead atoms. The number of ether oxygens (including phenoxy) is 2. The maximum atomic E-state index is 12.5. The van der Waals surface area contributed by atoms with E-state index < -0.39 is 6.04 Å². The highest BCUT2D eigenvalue weighted by atomic mass is 16.5. The van der Waals surface area contributed by atoms with Crippen LogP contribution in [0, 0.1) is 11.3 Å². The van der Waals surface area contributed by atoms with E-state index in [4.69, 9.17) is 9.47 Å². The average molecular weight is 335 g/mol. The van der Waals surface area contributed by atoms with E-state index in [1.165, 1.54) is 7.11 Å². The zero-order chi connectivity index (χ0) is 17.8. The summed E-state index contributed by atoms with van der Waals surface area (Å²) in [5.74, 6) is 0.894. The van der Waals surface area contributed by atoms with Crippen LogP contribution in [0.2, 0.25) is 0 Å². The second kappa shape index (κ2) is 6.97. The minimum absolute atomic E-state index is 0.368. The van der Waals surface area contributed by atoms with Crippen LogP contribution >= 0.6 is 0 Å². The Bertz CT molecular complexity index is 956. The molecule has 1 aromatic heterocycles. The molecule has 6 nitrogen and oxygen atoms in total. The Hall–Kier alpha value is -3.46. The molecular formula is C19H17N3O3. The smallest absolute Gasteiger partial charge is 0.269 e. The topological polar surface area (TPSA) is 87.1 Å². The monoisotopic (exact) mass is 335 g/mol. The van der Waals surface area contributed by atoms with Gasteiger partial charge in [0.1, 0.15) is 23.2 Å². The molecule has 126 valence electrons. The van der Waals surface area contributed by atoms with Gasteiger partial charge in [0.25, 0.3) is 5.91 Å². The number of aromatic nitrogens is 1. The van der Waals surface area contributed by atoms with Gasteiger partial charge in [0.05, 0.1) is 20.3 Å². The quantitative estimate of drug-likeness (QED) is 0.750. The van der Waals surface area contributed by atoms with E-state index in [0.717, 1.165) is 10.9 Å². The first kappa shape index (κ1) is 16.4. The highest BCUT2D eigenvalue weighted by molar-refractivity contribution is 5.98. The Morgan fingerprint density at radius 1 is 1.16 bits per heavy atom. The number of H-pyrrole nitrogens is 1. The third-order valence-corrected chi connectivity index (χ3v) is 3.93. The molecule has 0 aliphatic carbocycles. The van der Waals surface area contributed by atoms with Crippen molar-refractivity contribution in [3.05, 3.63) is 59.8 Å². The van der Waals surface area contributed by atoms with Gasteiger partial charge in [0.2, 0.25) is 0 Å². The second-order valence-electron chi connectivity index (χ2n) is 5.41. The van der Waals surface area contributed by atoms with Gasteiger partial charge in [-0.15, -0.1) is 0 Å². The van der Waals surface area contributed by atoms with Crippen LogP contribution in [0.4, 0.5) is 0 Å². The first-order valence-electron chi connectivity index (χ1n) is 7.66. The minimum atomic E-state index is -0.815. The molecule has 0 aliphatic heterocycles. The Balaban J connectivity index is 1.86. The summed E-state index contributed by atoms with van der Waals surface area (Å²) >= 11 is 0. The molecule has 0 aliphatic rings. The Morgan fingerprint density at radius 2 is 1.96 bits per heavy atom. The van der Waals surface area contributed by atoms with Crippen LogP contribution in [0.25, 0.3) is 10.9 Å². The Kier molecular flexibility index (Phi) is 4.57. The van der Waals surface area contributed by atoms with Crippen molar-refractivity contribution in [2.45, 2.75) is 6.04 Å². The number of methoxy groups -OCH3 is 2. The van der Waals surface area contributed by atoms with Crippen LogP contribution < -0.4 is 14.8 Å². The molecule has 0 radical (unpaired) electrons. The van der Waals surface area contributed by atoms with E-state index in [2.05, 4.69) is 16.4 Å². The molecule has 3 aromatic rings. The number of nitrogens with zero attached hydrogens (tertiary/aromatic N) is 1. The van der Waals surface area contributed by atoms with Crippen molar-refractivity contribution in [3.63, 3.8) is 0 Å². The number of nitriles is 1. The third kappa shape index (κ3) is 3.26. The number of amides is 1. The predicted molar refractivity (Wildman–Crippen MR) is 93.7 cm³/mol. The lowest BCUT2D eigenvalue weighted by Crippen LogP contribution is -2.28. The van der Waals surface area contributed by atoms with Crippen LogP contribution in [0.3, 0.4) is 0 Å². The standard InChI is InChI=1S/C19H17N3O3/c1-24-13-7-8-15-12(9-13)10-16(21-15)19(23)22-17(11-20)14-5-3-4-6-18(14)25-2/h3-10,17,21H,1-2H3,(H,22,23)/t17-/m0/s1. The van der Waals surface area contributed by atoms with Crippen molar-refractivity contribution in [3.8, 4) is 17.6 Å². The van der Waals surface area contributed by atoms with Gasteiger partial charge >= 0.3 is 0 Å². The molecule has 1 atom stereocenters. The molecule has 0 saturated carbocycles. The fourth-order valence-corrected chi connectivity index (χ4v) is 2.65. The number of hydrogen-bond acceptors (Lipinski definition) is 4. The van der Waals surface area contributed by atoms with Gasteiger partial charge < -0.3 is 19.8 Å². The fraction of sp³-hybridized carbons (Fsp3) is 0.158. The van der Waals surface area contributed by atoms with E-state index in [-0.39, 0.29) is 5.91 Å². The average Bonchev–Trinajstić information content (AvgIpc) is 3.09. The van der Waals surface area contributed by atoms with Gasteiger partial charge in [-0.3, -0.25) is 4.79 Å². The van der Waals surface area contributed by atoms with Gasteiger partial charge in [-0.25, -0.2) is 0 Å². The number of carbonyl (C=O) groups is 1. The summed E-state index contributed by atoms with van der Waals surface area (Å²) in [7, 11) is 3.12. The number of para-hydroxylation sites is 1. The highest BCUT2D eigenvalue weighted by Crippen LogP contribution is 2.25. The lowest BCUT2D eigenvalue weighted by Gasteiger charge is -2.14. The molecule has 1 heterocycles. The minimum Gasteiger partial charge on any atom is -0.497 e. The first-order chi connectivity index (χ1) is 12.2. The van der Waals surface area contributed by atoms with E-state index in [0.29, 0.717) is 22.8 Å². The van der Waals surface area contributed by atoms with Gasteiger partial charge in [-0.2, -0.15) is 5.26 Å². The van der Waals surface area contributed by atoms with Gasteiger partial charge in [0, 0.05) is 16.5 Å². The maximum absolute atomic E-state index is 12.5. The number of hydrogen-bond donors (Lipinski definition) is 2. The molecule has 2 aromatic carbocycles. The van der Waals surface area contributed by atoms with Crippen LogP contribution in [0.5, 0.6) is 11.5 Å². The number of rotatable bonds is 5. The number of fused-ring (bicyclic) bond motifs is 1. The number of carbonyl (C=O) groups excluding carboxylic acids is 1. The summed E-state index contributed by atoms with van der Waals surface area (Å²) in [6.45, 7) is 0. The molecule has 2 N–H and O–H groups in total. The summed E-state index contributed by atoms with van der Waals surface area (Å²) in [6, 6.07) is 15.6. The molecule has 0 unspecified atom stereocenters. The summed E-state index contributed by atoms with van der Waals surface area (Å²) < 4.78 is 10.5. The van der Waals surface area contributed by atoms with Crippen LogP contribution in [-0.2, 0) is 0 Å². The zero-order valence-corrected chi connectivity index (χ0v) is 13.9. The molecular weight excluding hydrogens is 318 g/mol. The van der Waals surface area contributed by atoms with Crippen LogP contribution in [-0.4, -0.2) is 25.1 Å². The lowest BCUT2D eigenvalue weighted by atomic mass is 10.1. The first-order valence-corrected chi connectivity index (χ1v) is 7.66. The van der Waals surface area contributed by atoms with E-state index in [1.54, 1.807) is 31.4 Å². The molecule has 25 heavy (non-hydrogen) atoms. The molecule has 6 heteroatoms. The summed E-state index contributed by atoms with van der Waals surface area (Å²) in [5.41, 5.74) is 1.80. The van der Waals surface area contributed by atoms with Crippen molar-refractivity contribution >= 4 is 16.8 Å². The molecule has 1 amide bonds. The SMILES string of the molecule is COc1ccc2[nH]c(C(=O)N[C@@H](C#N)c3ccccc3OC)cc2c1. The van der Waals surface area contributed by atoms with Gasteiger partial charge in [0.15, 0.2) is 0 Å². The summed E-state index contributed by atoms with van der Waals surface area (Å²) in [6.07, 6.45) is 0. The Labute approximate surface area is 145 Å². The number of nitrogens with one attached hydrogen (secondary N) is 2. The maximum Gasteiger partial charge on any atom is 0.269 e. The largest absolute Gasteiger partial charge is 0.497 e. The number of aromatic amines is 1.